The Labute approximate surface area is 159 Å². The van der Waals surface area contributed by atoms with Gasteiger partial charge in [0.1, 0.15) is 0 Å². The van der Waals surface area contributed by atoms with Crippen molar-refractivity contribution in [2.24, 2.45) is 0 Å². The summed E-state index contributed by atoms with van der Waals surface area (Å²) >= 11 is 0. The van der Waals surface area contributed by atoms with Crippen LogP contribution in [0.3, 0.4) is 0 Å². The molecule has 5 nitrogen and oxygen atoms in total. The van der Waals surface area contributed by atoms with Crippen LogP contribution in [0, 0.1) is 13.8 Å². The fourth-order valence-corrected chi connectivity index (χ4v) is 3.46. The number of aryl methyl sites for hydroxylation is 2. The fraction of sp³-hybridized carbons (Fsp3) is 0.318. The Balaban J connectivity index is 1.69. The van der Waals surface area contributed by atoms with Crippen molar-refractivity contribution >= 4 is 10.9 Å². The Morgan fingerprint density at radius 1 is 1.04 bits per heavy atom. The molecular formula is C22H26N2O3. The standard InChI is InChI=1S/C22H26N2O3/c1-14-10-15(2)20-17(11-14)12-18(22(25)24-20)13-23-9-8-16-6-5-7-19(26-3)21(16)27-4/h5-7,10-12,23H,8-9,13H2,1-4H3,(H,24,25). The molecule has 0 aliphatic carbocycles. The Morgan fingerprint density at radius 2 is 1.85 bits per heavy atom. The molecule has 0 aliphatic heterocycles. The van der Waals surface area contributed by atoms with Gasteiger partial charge in [0.15, 0.2) is 11.5 Å². The maximum Gasteiger partial charge on any atom is 0.252 e. The molecule has 0 atom stereocenters. The summed E-state index contributed by atoms with van der Waals surface area (Å²) in [6, 6.07) is 12.0. The van der Waals surface area contributed by atoms with Gasteiger partial charge in [-0.15, -0.1) is 0 Å². The third kappa shape index (κ3) is 4.14. The van der Waals surface area contributed by atoms with E-state index >= 15 is 0 Å². The molecule has 2 N–H and O–H groups in total. The number of methoxy groups -OCH3 is 2. The van der Waals surface area contributed by atoms with Gasteiger partial charge in [0.05, 0.1) is 19.7 Å². The number of aromatic nitrogens is 1. The minimum Gasteiger partial charge on any atom is -0.493 e. The molecule has 0 bridgehead atoms. The molecule has 0 saturated carbocycles. The molecule has 0 radical (unpaired) electrons. The minimum absolute atomic E-state index is 0.0408. The maximum atomic E-state index is 12.4. The lowest BCUT2D eigenvalue weighted by Gasteiger charge is -2.13. The molecule has 0 fully saturated rings. The Bertz CT molecular complexity index is 1010. The van der Waals surface area contributed by atoms with E-state index in [2.05, 4.69) is 29.4 Å². The summed E-state index contributed by atoms with van der Waals surface area (Å²) in [5, 5.41) is 4.43. The van der Waals surface area contributed by atoms with Crippen molar-refractivity contribution in [3.05, 3.63) is 69.0 Å². The van der Waals surface area contributed by atoms with Gasteiger partial charge in [-0.2, -0.15) is 0 Å². The monoisotopic (exact) mass is 366 g/mol. The SMILES string of the molecule is COc1cccc(CCNCc2cc3cc(C)cc(C)c3[nH]c2=O)c1OC. The van der Waals surface area contributed by atoms with Crippen molar-refractivity contribution in [2.75, 3.05) is 20.8 Å². The van der Waals surface area contributed by atoms with E-state index in [1.54, 1.807) is 14.2 Å². The molecule has 0 unspecified atom stereocenters. The lowest BCUT2D eigenvalue weighted by molar-refractivity contribution is 0.351. The highest BCUT2D eigenvalue weighted by Gasteiger charge is 2.09. The summed E-state index contributed by atoms with van der Waals surface area (Å²) in [6.07, 6.45) is 0.782. The third-order valence-corrected chi connectivity index (χ3v) is 4.74. The van der Waals surface area contributed by atoms with Gasteiger partial charge in [-0.3, -0.25) is 4.79 Å². The molecule has 1 heterocycles. The smallest absolute Gasteiger partial charge is 0.252 e. The number of hydrogen-bond donors (Lipinski definition) is 2. The van der Waals surface area contributed by atoms with Crippen LogP contribution < -0.4 is 20.3 Å². The Morgan fingerprint density at radius 3 is 2.59 bits per heavy atom. The van der Waals surface area contributed by atoms with Gasteiger partial charge in [0.25, 0.3) is 5.56 Å². The lowest BCUT2D eigenvalue weighted by Crippen LogP contribution is -2.23. The molecule has 0 amide bonds. The van der Waals surface area contributed by atoms with Crippen molar-refractivity contribution in [1.82, 2.24) is 10.3 Å². The highest BCUT2D eigenvalue weighted by molar-refractivity contribution is 5.82. The van der Waals surface area contributed by atoms with Crippen LogP contribution in [0.1, 0.15) is 22.3 Å². The molecule has 3 aromatic rings. The summed E-state index contributed by atoms with van der Waals surface area (Å²) in [6.45, 7) is 5.33. The van der Waals surface area contributed by atoms with Crippen LogP contribution in [0.25, 0.3) is 10.9 Å². The molecule has 1 aromatic heterocycles. The van der Waals surface area contributed by atoms with E-state index in [-0.39, 0.29) is 5.56 Å². The fourth-order valence-electron chi connectivity index (χ4n) is 3.46. The van der Waals surface area contributed by atoms with Crippen LogP contribution in [0.2, 0.25) is 0 Å². The average Bonchev–Trinajstić information content (AvgIpc) is 2.65. The number of H-pyrrole nitrogens is 1. The van der Waals surface area contributed by atoms with Crippen LogP contribution in [0.5, 0.6) is 11.5 Å². The van der Waals surface area contributed by atoms with E-state index in [0.717, 1.165) is 52.1 Å². The first-order valence-corrected chi connectivity index (χ1v) is 9.07. The van der Waals surface area contributed by atoms with Crippen LogP contribution in [-0.4, -0.2) is 25.7 Å². The largest absolute Gasteiger partial charge is 0.493 e. The van der Waals surface area contributed by atoms with Gasteiger partial charge in [-0.25, -0.2) is 0 Å². The molecular weight excluding hydrogens is 340 g/mol. The van der Waals surface area contributed by atoms with Crippen molar-refractivity contribution < 1.29 is 9.47 Å². The zero-order valence-electron chi connectivity index (χ0n) is 16.3. The molecule has 3 rings (SSSR count). The first-order valence-electron chi connectivity index (χ1n) is 9.07. The van der Waals surface area contributed by atoms with Gasteiger partial charge in [-0.05, 0) is 61.5 Å². The van der Waals surface area contributed by atoms with E-state index < -0.39 is 0 Å². The molecule has 0 aliphatic rings. The number of hydrogen-bond acceptors (Lipinski definition) is 4. The quantitative estimate of drug-likeness (QED) is 0.628. The van der Waals surface area contributed by atoms with E-state index in [0.29, 0.717) is 6.54 Å². The number of ether oxygens (including phenoxy) is 2. The van der Waals surface area contributed by atoms with Gasteiger partial charge < -0.3 is 19.8 Å². The zero-order chi connectivity index (χ0) is 19.4. The summed E-state index contributed by atoms with van der Waals surface area (Å²) < 4.78 is 10.8. The van der Waals surface area contributed by atoms with Crippen molar-refractivity contribution in [3.63, 3.8) is 0 Å². The number of rotatable bonds is 7. The Hall–Kier alpha value is -2.79. The number of fused-ring (bicyclic) bond motifs is 1. The minimum atomic E-state index is -0.0408. The molecule has 27 heavy (non-hydrogen) atoms. The van der Waals surface area contributed by atoms with Crippen LogP contribution in [0.4, 0.5) is 0 Å². The highest BCUT2D eigenvalue weighted by atomic mass is 16.5. The zero-order valence-corrected chi connectivity index (χ0v) is 16.3. The van der Waals surface area contributed by atoms with Gasteiger partial charge in [0, 0.05) is 12.1 Å². The number of nitrogens with one attached hydrogen (secondary N) is 2. The van der Waals surface area contributed by atoms with Gasteiger partial charge in [-0.1, -0.05) is 23.8 Å². The molecule has 0 saturated heterocycles. The second-order valence-electron chi connectivity index (χ2n) is 6.75. The number of para-hydroxylation sites is 1. The Kier molecular flexibility index (Phi) is 5.81. The first kappa shape index (κ1) is 19.0. The van der Waals surface area contributed by atoms with E-state index in [1.807, 2.05) is 31.2 Å². The summed E-state index contributed by atoms with van der Waals surface area (Å²) in [4.78, 5) is 15.4. The highest BCUT2D eigenvalue weighted by Crippen LogP contribution is 2.30. The number of pyridine rings is 1. The predicted molar refractivity (Wildman–Crippen MR) is 109 cm³/mol. The lowest BCUT2D eigenvalue weighted by atomic mass is 10.1. The average molecular weight is 366 g/mol. The van der Waals surface area contributed by atoms with Gasteiger partial charge in [0.2, 0.25) is 0 Å². The molecule has 5 heteroatoms. The van der Waals surface area contributed by atoms with Crippen LogP contribution >= 0.6 is 0 Å². The normalized spacial score (nSPS) is 11.0. The van der Waals surface area contributed by atoms with E-state index in [4.69, 9.17) is 9.47 Å². The maximum absolute atomic E-state index is 12.4. The number of benzene rings is 2. The second kappa shape index (κ2) is 8.27. The van der Waals surface area contributed by atoms with Crippen LogP contribution in [-0.2, 0) is 13.0 Å². The van der Waals surface area contributed by atoms with Crippen molar-refractivity contribution in [2.45, 2.75) is 26.8 Å². The van der Waals surface area contributed by atoms with Crippen molar-refractivity contribution in [1.29, 1.82) is 0 Å². The predicted octanol–water partition coefficient (Wildman–Crippen LogP) is 3.49. The molecule has 142 valence electrons. The summed E-state index contributed by atoms with van der Waals surface area (Å²) in [5.74, 6) is 1.49. The van der Waals surface area contributed by atoms with E-state index in [1.165, 1.54) is 5.56 Å². The topological polar surface area (TPSA) is 63.3 Å². The second-order valence-corrected chi connectivity index (χ2v) is 6.75. The summed E-state index contributed by atoms with van der Waals surface area (Å²) in [7, 11) is 3.28. The van der Waals surface area contributed by atoms with E-state index in [9.17, 15) is 4.79 Å². The van der Waals surface area contributed by atoms with Gasteiger partial charge >= 0.3 is 0 Å². The number of aromatic amines is 1. The summed E-state index contributed by atoms with van der Waals surface area (Å²) in [5.41, 5.74) is 4.97. The third-order valence-electron chi connectivity index (χ3n) is 4.74. The van der Waals surface area contributed by atoms with Crippen LogP contribution in [0.15, 0.2) is 41.2 Å². The molecule has 2 aromatic carbocycles. The first-order chi connectivity index (χ1) is 13.0. The van der Waals surface area contributed by atoms with Crippen molar-refractivity contribution in [3.8, 4) is 11.5 Å². The molecule has 0 spiro atoms.